The molecule has 20 heavy (non-hydrogen) atoms. The predicted molar refractivity (Wildman–Crippen MR) is 78.6 cm³/mol. The van der Waals surface area contributed by atoms with Gasteiger partial charge in [-0.15, -0.1) is 0 Å². The van der Waals surface area contributed by atoms with Crippen LogP contribution in [0.25, 0.3) is 10.9 Å². The van der Waals surface area contributed by atoms with Gasteiger partial charge >= 0.3 is 0 Å². The SMILES string of the molecule is Cn1nc(CC(O)CC2CCCCO2)c2ccccc21. The second-order valence-electron chi connectivity index (χ2n) is 5.67. The van der Waals surface area contributed by atoms with Gasteiger partial charge in [-0.2, -0.15) is 5.10 Å². The molecular weight excluding hydrogens is 252 g/mol. The largest absolute Gasteiger partial charge is 0.393 e. The van der Waals surface area contributed by atoms with Crippen molar-refractivity contribution < 1.29 is 9.84 Å². The molecule has 0 saturated carbocycles. The summed E-state index contributed by atoms with van der Waals surface area (Å²) in [6.07, 6.45) is 4.58. The van der Waals surface area contributed by atoms with Gasteiger partial charge in [-0.1, -0.05) is 18.2 Å². The fourth-order valence-electron chi connectivity index (χ4n) is 3.04. The maximum Gasteiger partial charge on any atom is 0.0728 e. The smallest absolute Gasteiger partial charge is 0.0728 e. The van der Waals surface area contributed by atoms with Gasteiger partial charge in [0.25, 0.3) is 0 Å². The van der Waals surface area contributed by atoms with Crippen molar-refractivity contribution in [2.45, 2.75) is 44.3 Å². The standard InChI is InChI=1S/C16H22N2O2/c1-18-16-8-3-2-7-14(16)15(17-18)11-12(19)10-13-6-4-5-9-20-13/h2-3,7-8,12-13,19H,4-6,9-11H2,1H3. The van der Waals surface area contributed by atoms with Crippen molar-refractivity contribution in [3.8, 4) is 0 Å². The van der Waals surface area contributed by atoms with Crippen LogP contribution >= 0.6 is 0 Å². The van der Waals surface area contributed by atoms with E-state index in [4.69, 9.17) is 4.74 Å². The zero-order valence-corrected chi connectivity index (χ0v) is 12.0. The highest BCUT2D eigenvalue weighted by Gasteiger charge is 2.20. The van der Waals surface area contributed by atoms with E-state index >= 15 is 0 Å². The van der Waals surface area contributed by atoms with Crippen LogP contribution in [0.4, 0.5) is 0 Å². The number of hydrogen-bond donors (Lipinski definition) is 1. The van der Waals surface area contributed by atoms with E-state index in [1.54, 1.807) is 0 Å². The van der Waals surface area contributed by atoms with Gasteiger partial charge < -0.3 is 9.84 Å². The van der Waals surface area contributed by atoms with Crippen molar-refractivity contribution in [3.05, 3.63) is 30.0 Å². The van der Waals surface area contributed by atoms with Crippen LogP contribution in [0.5, 0.6) is 0 Å². The first-order valence-electron chi connectivity index (χ1n) is 7.44. The average molecular weight is 274 g/mol. The van der Waals surface area contributed by atoms with Crippen LogP contribution in [0.2, 0.25) is 0 Å². The molecule has 1 aromatic carbocycles. The van der Waals surface area contributed by atoms with Crippen molar-refractivity contribution in [1.82, 2.24) is 9.78 Å². The molecule has 0 bridgehead atoms. The number of fused-ring (bicyclic) bond motifs is 1. The Morgan fingerprint density at radius 2 is 2.25 bits per heavy atom. The van der Waals surface area contributed by atoms with Gasteiger partial charge in [-0.25, -0.2) is 0 Å². The zero-order chi connectivity index (χ0) is 13.9. The Morgan fingerprint density at radius 3 is 3.05 bits per heavy atom. The summed E-state index contributed by atoms with van der Waals surface area (Å²) in [4.78, 5) is 0. The first kappa shape index (κ1) is 13.6. The van der Waals surface area contributed by atoms with Crippen LogP contribution in [0, 0.1) is 0 Å². The molecule has 108 valence electrons. The summed E-state index contributed by atoms with van der Waals surface area (Å²) < 4.78 is 7.58. The number of aryl methyl sites for hydroxylation is 1. The molecule has 0 spiro atoms. The molecule has 1 fully saturated rings. The van der Waals surface area contributed by atoms with Crippen molar-refractivity contribution in [2.75, 3.05) is 6.61 Å². The van der Waals surface area contributed by atoms with Crippen LogP contribution in [0.15, 0.2) is 24.3 Å². The lowest BCUT2D eigenvalue weighted by molar-refractivity contribution is -0.0148. The highest BCUT2D eigenvalue weighted by molar-refractivity contribution is 5.81. The minimum absolute atomic E-state index is 0.216. The average Bonchev–Trinajstić information content (AvgIpc) is 2.77. The molecule has 4 nitrogen and oxygen atoms in total. The van der Waals surface area contributed by atoms with Gasteiger partial charge in [0.2, 0.25) is 0 Å². The minimum Gasteiger partial charge on any atom is -0.393 e. The van der Waals surface area contributed by atoms with Gasteiger partial charge in [0.15, 0.2) is 0 Å². The zero-order valence-electron chi connectivity index (χ0n) is 12.0. The number of benzene rings is 1. The second kappa shape index (κ2) is 5.94. The van der Waals surface area contributed by atoms with Gasteiger partial charge in [0.05, 0.1) is 23.4 Å². The first-order valence-corrected chi connectivity index (χ1v) is 7.44. The number of rotatable bonds is 4. The van der Waals surface area contributed by atoms with E-state index in [0.717, 1.165) is 36.0 Å². The third kappa shape index (κ3) is 2.86. The quantitative estimate of drug-likeness (QED) is 0.931. The van der Waals surface area contributed by atoms with Crippen LogP contribution in [0.1, 0.15) is 31.4 Å². The van der Waals surface area contributed by atoms with E-state index in [0.29, 0.717) is 12.8 Å². The Kier molecular flexibility index (Phi) is 4.03. The van der Waals surface area contributed by atoms with E-state index in [1.165, 1.54) is 6.42 Å². The molecule has 1 aliphatic rings. The second-order valence-corrected chi connectivity index (χ2v) is 5.67. The van der Waals surface area contributed by atoms with Gasteiger partial charge in [0.1, 0.15) is 0 Å². The molecule has 4 heteroatoms. The number of aliphatic hydroxyl groups is 1. The molecule has 1 aliphatic heterocycles. The molecular formula is C16H22N2O2. The van der Waals surface area contributed by atoms with E-state index in [-0.39, 0.29) is 12.2 Å². The summed E-state index contributed by atoms with van der Waals surface area (Å²) in [6, 6.07) is 8.16. The van der Waals surface area contributed by atoms with Crippen LogP contribution in [-0.4, -0.2) is 33.7 Å². The predicted octanol–water partition coefficient (Wildman–Crippen LogP) is 2.44. The van der Waals surface area contributed by atoms with Gasteiger partial charge in [-0.3, -0.25) is 4.68 Å². The van der Waals surface area contributed by atoms with Crippen molar-refractivity contribution in [2.24, 2.45) is 7.05 Å². The highest BCUT2D eigenvalue weighted by atomic mass is 16.5. The maximum absolute atomic E-state index is 10.3. The van der Waals surface area contributed by atoms with Gasteiger partial charge in [0, 0.05) is 25.5 Å². The Hall–Kier alpha value is -1.39. The molecule has 3 rings (SSSR count). The lowest BCUT2D eigenvalue weighted by Gasteiger charge is -2.24. The molecule has 2 aromatic rings. The summed E-state index contributed by atoms with van der Waals surface area (Å²) in [6.45, 7) is 0.837. The van der Waals surface area contributed by atoms with Gasteiger partial charge in [-0.05, 0) is 31.7 Å². The molecule has 1 saturated heterocycles. The third-order valence-electron chi connectivity index (χ3n) is 4.07. The number of hydrogen-bond acceptors (Lipinski definition) is 3. The molecule has 0 radical (unpaired) electrons. The minimum atomic E-state index is -0.378. The number of aliphatic hydroxyl groups excluding tert-OH is 1. The summed E-state index contributed by atoms with van der Waals surface area (Å²) in [5, 5.41) is 16.0. The van der Waals surface area contributed by atoms with Crippen molar-refractivity contribution >= 4 is 10.9 Å². The monoisotopic (exact) mass is 274 g/mol. The number of aromatic nitrogens is 2. The maximum atomic E-state index is 10.3. The van der Waals surface area contributed by atoms with E-state index in [9.17, 15) is 5.11 Å². The van der Waals surface area contributed by atoms with E-state index < -0.39 is 0 Å². The highest BCUT2D eigenvalue weighted by Crippen LogP contribution is 2.22. The topological polar surface area (TPSA) is 47.3 Å². The third-order valence-corrected chi connectivity index (χ3v) is 4.07. The summed E-state index contributed by atoms with van der Waals surface area (Å²) in [5.74, 6) is 0. The molecule has 2 heterocycles. The lowest BCUT2D eigenvalue weighted by Crippen LogP contribution is -2.25. The lowest BCUT2D eigenvalue weighted by atomic mass is 10.00. The number of nitrogens with zero attached hydrogens (tertiary/aromatic N) is 2. The molecule has 2 atom stereocenters. The van der Waals surface area contributed by atoms with Crippen molar-refractivity contribution in [3.63, 3.8) is 0 Å². The summed E-state index contributed by atoms with van der Waals surface area (Å²) in [7, 11) is 1.95. The fourth-order valence-corrected chi connectivity index (χ4v) is 3.04. The number of para-hydroxylation sites is 1. The Bertz CT molecular complexity index is 573. The van der Waals surface area contributed by atoms with Crippen LogP contribution in [0.3, 0.4) is 0 Å². The van der Waals surface area contributed by atoms with E-state index in [2.05, 4.69) is 17.2 Å². The normalized spacial score (nSPS) is 21.2. The van der Waals surface area contributed by atoms with Crippen molar-refractivity contribution in [1.29, 1.82) is 0 Å². The molecule has 0 aliphatic carbocycles. The molecule has 2 unspecified atom stereocenters. The number of ether oxygens (including phenoxy) is 1. The Morgan fingerprint density at radius 1 is 1.40 bits per heavy atom. The van der Waals surface area contributed by atoms with Crippen LogP contribution in [-0.2, 0) is 18.2 Å². The fraction of sp³-hybridized carbons (Fsp3) is 0.562. The Balaban J connectivity index is 1.69. The molecule has 1 aromatic heterocycles. The first-order chi connectivity index (χ1) is 9.74. The molecule has 0 amide bonds. The molecule has 1 N–H and O–H groups in total. The summed E-state index contributed by atoms with van der Waals surface area (Å²) >= 11 is 0. The summed E-state index contributed by atoms with van der Waals surface area (Å²) in [5.41, 5.74) is 2.09. The van der Waals surface area contributed by atoms with E-state index in [1.807, 2.05) is 23.9 Å². The van der Waals surface area contributed by atoms with Crippen LogP contribution < -0.4 is 0 Å². The Labute approximate surface area is 119 Å².